The van der Waals surface area contributed by atoms with Gasteiger partial charge in [-0.1, -0.05) is 55.5 Å². The molecule has 7 nitrogen and oxygen atoms in total. The van der Waals surface area contributed by atoms with Crippen molar-refractivity contribution < 1.29 is 24.2 Å². The number of piperidine rings is 1. The predicted molar refractivity (Wildman–Crippen MR) is 129 cm³/mol. The fourth-order valence-electron chi connectivity index (χ4n) is 5.11. The summed E-state index contributed by atoms with van der Waals surface area (Å²) >= 11 is 0. The minimum atomic E-state index is -0.947. The lowest BCUT2D eigenvalue weighted by molar-refractivity contribution is -0.152. The minimum absolute atomic E-state index is 0.00754. The zero-order chi connectivity index (χ0) is 24.1. The molecule has 4 rings (SSSR count). The van der Waals surface area contributed by atoms with Gasteiger partial charge in [0.05, 0.1) is 0 Å². The minimum Gasteiger partial charge on any atom is -0.480 e. The number of likely N-dealkylation sites (tertiary alicyclic amines) is 1. The van der Waals surface area contributed by atoms with E-state index in [0.717, 1.165) is 24.0 Å². The maximum Gasteiger partial charge on any atom is 0.407 e. The number of nitrogens with one attached hydrogen (secondary N) is 1. The molecule has 34 heavy (non-hydrogen) atoms. The molecular weight excluding hydrogens is 432 g/mol. The maximum absolute atomic E-state index is 12.7. The van der Waals surface area contributed by atoms with E-state index in [2.05, 4.69) is 29.6 Å². The fraction of sp³-hybridized carbons (Fsp3) is 0.444. The van der Waals surface area contributed by atoms with E-state index in [-0.39, 0.29) is 30.9 Å². The molecule has 0 saturated carbocycles. The summed E-state index contributed by atoms with van der Waals surface area (Å²) in [7, 11) is 0. The van der Waals surface area contributed by atoms with Gasteiger partial charge in [0.2, 0.25) is 5.91 Å². The number of carboxylic acids is 1. The number of rotatable bonds is 8. The number of fused-ring (bicyclic) bond motifs is 3. The van der Waals surface area contributed by atoms with E-state index in [4.69, 9.17) is 4.74 Å². The molecule has 0 radical (unpaired) electrons. The SMILES string of the molecule is CCC(CCC(=O)N1CCCCC1C(=O)O)NC(=O)OCC1c2ccccc2-c2ccccc21. The number of benzene rings is 2. The molecule has 1 aliphatic heterocycles. The molecule has 1 heterocycles. The molecule has 2 amide bonds. The van der Waals surface area contributed by atoms with Gasteiger partial charge in [-0.05, 0) is 54.4 Å². The van der Waals surface area contributed by atoms with E-state index < -0.39 is 18.1 Å². The fourth-order valence-corrected chi connectivity index (χ4v) is 5.11. The quantitative estimate of drug-likeness (QED) is 0.598. The van der Waals surface area contributed by atoms with Gasteiger partial charge in [0.1, 0.15) is 12.6 Å². The van der Waals surface area contributed by atoms with Gasteiger partial charge in [-0.2, -0.15) is 0 Å². The zero-order valence-corrected chi connectivity index (χ0v) is 19.5. The maximum atomic E-state index is 12.7. The molecule has 2 unspecified atom stereocenters. The van der Waals surface area contributed by atoms with Crippen molar-refractivity contribution in [1.29, 1.82) is 0 Å². The van der Waals surface area contributed by atoms with Gasteiger partial charge in [0.15, 0.2) is 0 Å². The van der Waals surface area contributed by atoms with Crippen LogP contribution in [-0.2, 0) is 14.3 Å². The van der Waals surface area contributed by atoms with Gasteiger partial charge in [0.25, 0.3) is 0 Å². The molecule has 0 spiro atoms. The number of amides is 2. The second kappa shape index (κ2) is 10.7. The van der Waals surface area contributed by atoms with Crippen LogP contribution in [0.3, 0.4) is 0 Å². The summed E-state index contributed by atoms with van der Waals surface area (Å²) in [6, 6.07) is 15.4. The Hall–Kier alpha value is -3.35. The Morgan fingerprint density at radius 3 is 2.32 bits per heavy atom. The van der Waals surface area contributed by atoms with E-state index in [1.165, 1.54) is 16.0 Å². The van der Waals surface area contributed by atoms with Gasteiger partial charge < -0.3 is 20.1 Å². The number of alkyl carbamates (subject to hydrolysis) is 1. The summed E-state index contributed by atoms with van der Waals surface area (Å²) in [4.78, 5) is 38.2. The smallest absolute Gasteiger partial charge is 0.407 e. The van der Waals surface area contributed by atoms with Crippen molar-refractivity contribution in [2.24, 2.45) is 0 Å². The van der Waals surface area contributed by atoms with Crippen molar-refractivity contribution in [1.82, 2.24) is 10.2 Å². The lowest BCUT2D eigenvalue weighted by Gasteiger charge is -2.33. The average Bonchev–Trinajstić information content (AvgIpc) is 3.18. The number of carbonyl (C=O) groups is 3. The number of carboxylic acid groups (broad SMARTS) is 1. The number of hydrogen-bond acceptors (Lipinski definition) is 4. The van der Waals surface area contributed by atoms with E-state index in [1.807, 2.05) is 31.2 Å². The van der Waals surface area contributed by atoms with Crippen LogP contribution in [0.1, 0.15) is 62.5 Å². The largest absolute Gasteiger partial charge is 0.480 e. The van der Waals surface area contributed by atoms with Crippen LogP contribution < -0.4 is 5.32 Å². The third kappa shape index (κ3) is 5.08. The van der Waals surface area contributed by atoms with E-state index in [0.29, 0.717) is 25.8 Å². The third-order valence-corrected chi connectivity index (χ3v) is 6.97. The summed E-state index contributed by atoms with van der Waals surface area (Å²) in [5, 5.41) is 12.3. The Morgan fingerprint density at radius 1 is 1.06 bits per heavy atom. The van der Waals surface area contributed by atoms with Crippen molar-refractivity contribution in [3.8, 4) is 11.1 Å². The van der Waals surface area contributed by atoms with Crippen molar-refractivity contribution in [2.75, 3.05) is 13.2 Å². The second-order valence-corrected chi connectivity index (χ2v) is 9.05. The second-order valence-electron chi connectivity index (χ2n) is 9.05. The number of carbonyl (C=O) groups excluding carboxylic acids is 2. The highest BCUT2D eigenvalue weighted by atomic mass is 16.5. The van der Waals surface area contributed by atoms with Crippen LogP contribution in [-0.4, -0.2) is 53.2 Å². The van der Waals surface area contributed by atoms with Crippen molar-refractivity contribution >= 4 is 18.0 Å². The van der Waals surface area contributed by atoms with Crippen LogP contribution in [0.25, 0.3) is 11.1 Å². The standard InChI is InChI=1S/C27H32N2O5/c1-2-18(14-15-25(30)29-16-8-7-13-24(29)26(31)32)28-27(33)34-17-23-21-11-5-3-9-19(21)20-10-4-6-12-22(20)23/h3-6,9-12,18,23-24H,2,7-8,13-17H2,1H3,(H,28,33)(H,31,32). The molecule has 1 fully saturated rings. The Bertz CT molecular complexity index is 1010. The molecule has 1 saturated heterocycles. The van der Waals surface area contributed by atoms with Crippen LogP contribution in [0.15, 0.2) is 48.5 Å². The molecule has 7 heteroatoms. The first-order valence-electron chi connectivity index (χ1n) is 12.1. The first-order chi connectivity index (χ1) is 16.5. The van der Waals surface area contributed by atoms with Crippen LogP contribution in [0.4, 0.5) is 4.79 Å². The van der Waals surface area contributed by atoms with Crippen LogP contribution in [0.2, 0.25) is 0 Å². The van der Waals surface area contributed by atoms with Gasteiger partial charge in [-0.15, -0.1) is 0 Å². The predicted octanol–water partition coefficient (Wildman–Crippen LogP) is 4.55. The van der Waals surface area contributed by atoms with Gasteiger partial charge >= 0.3 is 12.1 Å². The molecule has 0 aromatic heterocycles. The van der Waals surface area contributed by atoms with Crippen molar-refractivity contribution in [2.45, 2.75) is 63.5 Å². The first-order valence-corrected chi connectivity index (χ1v) is 12.1. The lowest BCUT2D eigenvalue weighted by atomic mass is 9.98. The van der Waals surface area contributed by atoms with Crippen molar-refractivity contribution in [3.05, 3.63) is 59.7 Å². The topological polar surface area (TPSA) is 95.9 Å². The average molecular weight is 465 g/mol. The number of nitrogens with zero attached hydrogens (tertiary/aromatic N) is 1. The molecule has 2 N–H and O–H groups in total. The highest BCUT2D eigenvalue weighted by Gasteiger charge is 2.32. The van der Waals surface area contributed by atoms with Gasteiger partial charge in [-0.25, -0.2) is 9.59 Å². The third-order valence-electron chi connectivity index (χ3n) is 6.97. The zero-order valence-electron chi connectivity index (χ0n) is 19.5. The normalized spacial score (nSPS) is 18.0. The molecular formula is C27H32N2O5. The van der Waals surface area contributed by atoms with Crippen molar-refractivity contribution in [3.63, 3.8) is 0 Å². The Morgan fingerprint density at radius 2 is 1.71 bits per heavy atom. The first kappa shape index (κ1) is 23.8. The van der Waals surface area contributed by atoms with Crippen LogP contribution >= 0.6 is 0 Å². The summed E-state index contributed by atoms with van der Waals surface area (Å²) in [6.07, 6.45) is 2.94. The van der Waals surface area contributed by atoms with E-state index in [9.17, 15) is 19.5 Å². The number of ether oxygens (including phenoxy) is 1. The van der Waals surface area contributed by atoms with E-state index >= 15 is 0 Å². The Balaban J connectivity index is 1.30. The van der Waals surface area contributed by atoms with E-state index in [1.54, 1.807) is 0 Å². The summed E-state index contributed by atoms with van der Waals surface area (Å²) < 4.78 is 5.62. The van der Waals surface area contributed by atoms with Crippen LogP contribution in [0.5, 0.6) is 0 Å². The summed E-state index contributed by atoms with van der Waals surface area (Å²) in [6.45, 7) is 2.66. The number of aliphatic carboxylic acids is 1. The van der Waals surface area contributed by atoms with Crippen LogP contribution in [0, 0.1) is 0 Å². The Labute approximate surface area is 200 Å². The summed E-state index contributed by atoms with van der Waals surface area (Å²) in [5.74, 6) is -1.12. The molecule has 2 aromatic rings. The summed E-state index contributed by atoms with van der Waals surface area (Å²) in [5.41, 5.74) is 4.66. The van der Waals surface area contributed by atoms with Gasteiger partial charge in [0, 0.05) is 24.9 Å². The molecule has 0 bridgehead atoms. The molecule has 2 aromatic carbocycles. The van der Waals surface area contributed by atoms with Gasteiger partial charge in [-0.3, -0.25) is 4.79 Å². The number of hydrogen-bond donors (Lipinski definition) is 2. The molecule has 2 aliphatic rings. The highest BCUT2D eigenvalue weighted by molar-refractivity contribution is 5.84. The highest BCUT2D eigenvalue weighted by Crippen LogP contribution is 2.44. The molecule has 2 atom stereocenters. The lowest BCUT2D eigenvalue weighted by Crippen LogP contribution is -2.48. The Kier molecular flexibility index (Phi) is 7.50. The monoisotopic (exact) mass is 464 g/mol. The molecule has 180 valence electrons. The molecule has 1 aliphatic carbocycles.